The van der Waals surface area contributed by atoms with Crippen molar-refractivity contribution in [3.8, 4) is 5.69 Å². The second-order valence-electron chi connectivity index (χ2n) is 5.50. The van der Waals surface area contributed by atoms with Crippen molar-refractivity contribution >= 4 is 11.7 Å². The maximum absolute atomic E-state index is 14.0. The van der Waals surface area contributed by atoms with E-state index in [1.54, 1.807) is 24.3 Å². The molecule has 1 N–H and O–H groups in total. The van der Waals surface area contributed by atoms with Crippen molar-refractivity contribution in [3.63, 3.8) is 0 Å². The number of rotatable bonds is 3. The molecule has 4 nitrogen and oxygen atoms in total. The molecule has 1 heterocycles. The minimum absolute atomic E-state index is 0.0331. The van der Waals surface area contributed by atoms with Gasteiger partial charge in [0, 0.05) is 12.0 Å². The number of carbonyl (C=O) groups excluding carboxylic acids is 1. The second kappa shape index (κ2) is 6.13. The van der Waals surface area contributed by atoms with Gasteiger partial charge in [-0.1, -0.05) is 24.3 Å². The van der Waals surface area contributed by atoms with Crippen molar-refractivity contribution in [3.05, 3.63) is 54.0 Å². The predicted octanol–water partition coefficient (Wildman–Crippen LogP) is 3.61. The quantitative estimate of drug-likeness (QED) is 0.880. The van der Waals surface area contributed by atoms with Crippen LogP contribution in [-0.4, -0.2) is 15.7 Å². The van der Waals surface area contributed by atoms with Crippen molar-refractivity contribution in [2.24, 2.45) is 5.92 Å². The number of anilines is 1. The third-order valence-electron chi connectivity index (χ3n) is 3.80. The van der Waals surface area contributed by atoms with Gasteiger partial charge in [0.1, 0.15) is 17.3 Å². The molecule has 1 aliphatic rings. The Kier molecular flexibility index (Phi) is 4.04. The summed E-state index contributed by atoms with van der Waals surface area (Å²) in [5.74, 6) is 0.0555. The van der Waals surface area contributed by atoms with Crippen molar-refractivity contribution in [2.75, 3.05) is 5.32 Å². The van der Waals surface area contributed by atoms with E-state index in [1.807, 2.05) is 13.0 Å². The summed E-state index contributed by atoms with van der Waals surface area (Å²) >= 11 is 0. The summed E-state index contributed by atoms with van der Waals surface area (Å²) in [5.41, 5.74) is 1.05. The van der Waals surface area contributed by atoms with E-state index >= 15 is 0 Å². The number of allylic oxidation sites excluding steroid dienone is 2. The summed E-state index contributed by atoms with van der Waals surface area (Å²) in [5, 5.41) is 7.18. The number of benzene rings is 1. The largest absolute Gasteiger partial charge is 0.310 e. The Morgan fingerprint density at radius 3 is 2.91 bits per heavy atom. The lowest BCUT2D eigenvalue weighted by Crippen LogP contribution is -2.24. The summed E-state index contributed by atoms with van der Waals surface area (Å²) in [6.07, 6.45) is 6.64. The van der Waals surface area contributed by atoms with Gasteiger partial charge in [0.25, 0.3) is 0 Å². The van der Waals surface area contributed by atoms with Crippen LogP contribution in [0.3, 0.4) is 0 Å². The molecule has 0 radical (unpaired) electrons. The molecule has 0 bridgehead atoms. The molecule has 3 rings (SSSR count). The molecule has 1 aromatic carbocycles. The van der Waals surface area contributed by atoms with Crippen LogP contribution >= 0.6 is 0 Å². The molecule has 114 valence electrons. The molecule has 0 aliphatic heterocycles. The van der Waals surface area contributed by atoms with Gasteiger partial charge in [-0.15, -0.1) is 0 Å². The number of nitrogens with one attached hydrogen (secondary N) is 1. The first-order chi connectivity index (χ1) is 10.6. The highest BCUT2D eigenvalue weighted by atomic mass is 19.1. The Morgan fingerprint density at radius 2 is 2.18 bits per heavy atom. The van der Waals surface area contributed by atoms with Crippen LogP contribution in [0.25, 0.3) is 5.69 Å². The first-order valence-corrected chi connectivity index (χ1v) is 7.42. The Bertz CT molecular complexity index is 720. The van der Waals surface area contributed by atoms with Crippen LogP contribution in [0.5, 0.6) is 0 Å². The number of amides is 1. The van der Waals surface area contributed by atoms with Crippen molar-refractivity contribution in [2.45, 2.75) is 26.2 Å². The van der Waals surface area contributed by atoms with E-state index in [0.29, 0.717) is 11.5 Å². The fourth-order valence-corrected chi connectivity index (χ4v) is 2.66. The lowest BCUT2D eigenvalue weighted by Gasteiger charge is -2.17. The zero-order chi connectivity index (χ0) is 15.5. The molecule has 0 fully saturated rings. The minimum atomic E-state index is -0.373. The molecule has 22 heavy (non-hydrogen) atoms. The summed E-state index contributed by atoms with van der Waals surface area (Å²) in [6.45, 7) is 1.82. The summed E-state index contributed by atoms with van der Waals surface area (Å²) in [4.78, 5) is 12.4. The van der Waals surface area contributed by atoms with Gasteiger partial charge in [-0.3, -0.25) is 4.79 Å². The number of halogens is 1. The molecule has 1 aliphatic carbocycles. The standard InChI is InChI=1S/C17H18FN3O/c1-12-11-16(19-17(22)13-7-3-2-4-8-13)21(20-12)15-10-6-5-9-14(15)18/h2-3,5-6,9-11,13H,4,7-8H2,1H3,(H,19,22)/t13-/m0/s1. The van der Waals surface area contributed by atoms with Crippen LogP contribution in [-0.2, 0) is 4.79 Å². The van der Waals surface area contributed by atoms with Gasteiger partial charge in [0.2, 0.25) is 5.91 Å². The van der Waals surface area contributed by atoms with E-state index in [0.717, 1.165) is 25.0 Å². The molecular formula is C17H18FN3O. The van der Waals surface area contributed by atoms with Gasteiger partial charge in [0.15, 0.2) is 0 Å². The number of hydrogen-bond donors (Lipinski definition) is 1. The fourth-order valence-electron chi connectivity index (χ4n) is 2.66. The van der Waals surface area contributed by atoms with Crippen LogP contribution < -0.4 is 5.32 Å². The zero-order valence-corrected chi connectivity index (χ0v) is 12.4. The fraction of sp³-hybridized carbons (Fsp3) is 0.294. The highest BCUT2D eigenvalue weighted by Crippen LogP contribution is 2.23. The van der Waals surface area contributed by atoms with E-state index in [9.17, 15) is 9.18 Å². The Labute approximate surface area is 128 Å². The molecule has 0 saturated heterocycles. The first-order valence-electron chi connectivity index (χ1n) is 7.42. The lowest BCUT2D eigenvalue weighted by atomic mass is 9.94. The highest BCUT2D eigenvalue weighted by molar-refractivity contribution is 5.92. The number of carbonyl (C=O) groups is 1. The number of hydrogen-bond acceptors (Lipinski definition) is 2. The summed E-state index contributed by atoms with van der Waals surface area (Å²) in [6, 6.07) is 8.14. The second-order valence-corrected chi connectivity index (χ2v) is 5.50. The molecule has 0 spiro atoms. The van der Waals surface area contributed by atoms with Crippen LogP contribution in [0.2, 0.25) is 0 Å². The van der Waals surface area contributed by atoms with Gasteiger partial charge >= 0.3 is 0 Å². The molecule has 5 heteroatoms. The van der Waals surface area contributed by atoms with E-state index in [4.69, 9.17) is 0 Å². The average Bonchev–Trinajstić information content (AvgIpc) is 2.89. The molecule has 0 unspecified atom stereocenters. The number of para-hydroxylation sites is 1. The van der Waals surface area contributed by atoms with Crippen molar-refractivity contribution < 1.29 is 9.18 Å². The van der Waals surface area contributed by atoms with Crippen molar-refractivity contribution in [1.29, 1.82) is 0 Å². The van der Waals surface area contributed by atoms with Crippen molar-refractivity contribution in [1.82, 2.24) is 9.78 Å². The van der Waals surface area contributed by atoms with Gasteiger partial charge in [-0.25, -0.2) is 9.07 Å². The summed E-state index contributed by atoms with van der Waals surface area (Å²) in [7, 11) is 0. The number of aryl methyl sites for hydroxylation is 1. The van der Waals surface area contributed by atoms with Gasteiger partial charge in [0.05, 0.1) is 5.69 Å². The van der Waals surface area contributed by atoms with Crippen LogP contribution in [0, 0.1) is 18.7 Å². The number of nitrogens with zero attached hydrogens (tertiary/aromatic N) is 2. The minimum Gasteiger partial charge on any atom is -0.310 e. The Morgan fingerprint density at radius 1 is 1.36 bits per heavy atom. The highest BCUT2D eigenvalue weighted by Gasteiger charge is 2.21. The molecule has 0 saturated carbocycles. The normalized spacial score (nSPS) is 17.5. The molecular weight excluding hydrogens is 281 g/mol. The Hall–Kier alpha value is -2.43. The van der Waals surface area contributed by atoms with Crippen LogP contribution in [0.15, 0.2) is 42.5 Å². The maximum atomic E-state index is 14.0. The molecule has 1 amide bonds. The maximum Gasteiger partial charge on any atom is 0.228 e. The third kappa shape index (κ3) is 2.93. The summed E-state index contributed by atoms with van der Waals surface area (Å²) < 4.78 is 15.4. The SMILES string of the molecule is Cc1cc(NC(=O)[C@H]2CC=CCC2)n(-c2ccccc2F)n1. The molecule has 1 atom stereocenters. The van der Waals surface area contributed by atoms with E-state index in [1.165, 1.54) is 10.7 Å². The van der Waals surface area contributed by atoms with E-state index in [2.05, 4.69) is 16.5 Å². The smallest absolute Gasteiger partial charge is 0.228 e. The van der Waals surface area contributed by atoms with E-state index < -0.39 is 0 Å². The topological polar surface area (TPSA) is 46.9 Å². The number of aromatic nitrogens is 2. The molecule has 1 aromatic heterocycles. The zero-order valence-electron chi connectivity index (χ0n) is 12.4. The molecule has 2 aromatic rings. The van der Waals surface area contributed by atoms with Gasteiger partial charge in [-0.05, 0) is 38.3 Å². The predicted molar refractivity (Wildman–Crippen MR) is 83.4 cm³/mol. The monoisotopic (exact) mass is 299 g/mol. The first kappa shape index (κ1) is 14.5. The van der Waals surface area contributed by atoms with E-state index in [-0.39, 0.29) is 17.6 Å². The third-order valence-corrected chi connectivity index (χ3v) is 3.80. The van der Waals surface area contributed by atoms with Crippen LogP contribution in [0.4, 0.5) is 10.2 Å². The Balaban J connectivity index is 1.87. The van der Waals surface area contributed by atoms with Gasteiger partial charge < -0.3 is 5.32 Å². The van der Waals surface area contributed by atoms with Gasteiger partial charge in [-0.2, -0.15) is 5.10 Å². The lowest BCUT2D eigenvalue weighted by molar-refractivity contribution is -0.120. The average molecular weight is 299 g/mol. The van der Waals surface area contributed by atoms with Crippen LogP contribution in [0.1, 0.15) is 25.0 Å².